The highest BCUT2D eigenvalue weighted by Crippen LogP contribution is 2.42. The number of hydrogen-bond acceptors (Lipinski definition) is 2. The third kappa shape index (κ3) is 3.65. The van der Waals surface area contributed by atoms with E-state index in [0.29, 0.717) is 23.7 Å². The van der Waals surface area contributed by atoms with Crippen LogP contribution in [0.1, 0.15) is 37.5 Å². The first-order chi connectivity index (χ1) is 11.7. The standard InChI is InChI=1S/C20H19F3O2/c1-4-24-15-8-9-16-17(12-19(2,3)25-18(16)11-15)13-6-5-7-14(10-13)20(21,22)23/h5-12H,4H2,1-3H3. The van der Waals surface area contributed by atoms with Crippen molar-refractivity contribution in [2.75, 3.05) is 6.61 Å². The van der Waals surface area contributed by atoms with Gasteiger partial charge in [0.15, 0.2) is 0 Å². The van der Waals surface area contributed by atoms with Crippen molar-refractivity contribution in [2.45, 2.75) is 32.5 Å². The Balaban J connectivity index is 2.11. The smallest absolute Gasteiger partial charge is 0.416 e. The number of hydrogen-bond donors (Lipinski definition) is 0. The van der Waals surface area contributed by atoms with Gasteiger partial charge in [-0.15, -0.1) is 0 Å². The Hall–Kier alpha value is -2.43. The second-order valence-corrected chi connectivity index (χ2v) is 6.43. The Morgan fingerprint density at radius 2 is 1.84 bits per heavy atom. The fourth-order valence-electron chi connectivity index (χ4n) is 2.91. The maximum Gasteiger partial charge on any atom is 0.416 e. The van der Waals surface area contributed by atoms with Crippen molar-refractivity contribution in [3.05, 3.63) is 65.2 Å². The van der Waals surface area contributed by atoms with Gasteiger partial charge in [-0.05, 0) is 62.2 Å². The molecule has 0 amide bonds. The minimum absolute atomic E-state index is 0.511. The van der Waals surface area contributed by atoms with E-state index in [-0.39, 0.29) is 0 Å². The van der Waals surface area contributed by atoms with Gasteiger partial charge < -0.3 is 9.47 Å². The van der Waals surface area contributed by atoms with Gasteiger partial charge in [-0.1, -0.05) is 12.1 Å². The molecule has 1 aliphatic heterocycles. The summed E-state index contributed by atoms with van der Waals surface area (Å²) in [5.74, 6) is 1.27. The Kier molecular flexibility index (Phi) is 4.27. The van der Waals surface area contributed by atoms with Gasteiger partial charge in [0.2, 0.25) is 0 Å². The predicted octanol–water partition coefficient (Wildman–Crippen LogP) is 5.71. The summed E-state index contributed by atoms with van der Waals surface area (Å²) in [5.41, 5.74) is 0.684. The monoisotopic (exact) mass is 348 g/mol. The Morgan fingerprint density at radius 3 is 2.52 bits per heavy atom. The molecule has 1 aliphatic rings. The molecule has 1 heterocycles. The van der Waals surface area contributed by atoms with Crippen LogP contribution in [0.25, 0.3) is 5.57 Å². The van der Waals surface area contributed by atoms with E-state index in [0.717, 1.165) is 17.2 Å². The van der Waals surface area contributed by atoms with Crippen LogP contribution in [0.4, 0.5) is 13.2 Å². The predicted molar refractivity (Wildman–Crippen MR) is 90.8 cm³/mol. The number of rotatable bonds is 3. The normalized spacial score (nSPS) is 15.8. The van der Waals surface area contributed by atoms with E-state index in [9.17, 15) is 13.2 Å². The molecule has 132 valence electrons. The minimum Gasteiger partial charge on any atom is -0.494 e. The topological polar surface area (TPSA) is 18.5 Å². The SMILES string of the molecule is CCOc1ccc2c(c1)OC(C)(C)C=C2c1cccc(C(F)(F)F)c1. The van der Waals surface area contributed by atoms with E-state index in [4.69, 9.17) is 9.47 Å². The van der Waals surface area contributed by atoms with Crippen molar-refractivity contribution in [2.24, 2.45) is 0 Å². The van der Waals surface area contributed by atoms with Gasteiger partial charge >= 0.3 is 6.18 Å². The van der Waals surface area contributed by atoms with Crippen LogP contribution in [0.2, 0.25) is 0 Å². The van der Waals surface area contributed by atoms with Crippen LogP contribution in [0, 0.1) is 0 Å². The second-order valence-electron chi connectivity index (χ2n) is 6.43. The zero-order valence-electron chi connectivity index (χ0n) is 14.3. The molecule has 0 saturated carbocycles. The molecule has 0 radical (unpaired) electrons. The molecule has 5 heteroatoms. The quantitative estimate of drug-likeness (QED) is 0.708. The minimum atomic E-state index is -4.38. The van der Waals surface area contributed by atoms with Gasteiger partial charge in [0.1, 0.15) is 17.1 Å². The molecular weight excluding hydrogens is 329 g/mol. The lowest BCUT2D eigenvalue weighted by Gasteiger charge is -2.31. The van der Waals surface area contributed by atoms with Crippen LogP contribution in [-0.4, -0.2) is 12.2 Å². The number of alkyl halides is 3. The molecule has 2 nitrogen and oxygen atoms in total. The first-order valence-electron chi connectivity index (χ1n) is 8.06. The van der Waals surface area contributed by atoms with Gasteiger partial charge in [0.05, 0.1) is 12.2 Å². The summed E-state index contributed by atoms with van der Waals surface area (Å²) in [6, 6.07) is 10.8. The highest BCUT2D eigenvalue weighted by molar-refractivity contribution is 5.85. The van der Waals surface area contributed by atoms with Gasteiger partial charge in [0, 0.05) is 11.6 Å². The number of halogens is 3. The molecule has 2 aromatic carbocycles. The van der Waals surface area contributed by atoms with E-state index < -0.39 is 17.3 Å². The highest BCUT2D eigenvalue weighted by atomic mass is 19.4. The molecule has 0 bridgehead atoms. The van der Waals surface area contributed by atoms with E-state index >= 15 is 0 Å². The van der Waals surface area contributed by atoms with Gasteiger partial charge in [-0.3, -0.25) is 0 Å². The highest BCUT2D eigenvalue weighted by Gasteiger charge is 2.32. The lowest BCUT2D eigenvalue weighted by molar-refractivity contribution is -0.137. The third-order valence-corrected chi connectivity index (χ3v) is 3.92. The first kappa shape index (κ1) is 17.4. The Labute approximate surface area is 144 Å². The van der Waals surface area contributed by atoms with E-state index in [1.165, 1.54) is 12.1 Å². The molecule has 0 fully saturated rings. The fraction of sp³-hybridized carbons (Fsp3) is 0.300. The van der Waals surface area contributed by atoms with E-state index in [1.54, 1.807) is 18.2 Å². The van der Waals surface area contributed by atoms with Crippen molar-refractivity contribution in [1.82, 2.24) is 0 Å². The fourth-order valence-corrected chi connectivity index (χ4v) is 2.91. The average molecular weight is 348 g/mol. The molecule has 0 unspecified atom stereocenters. The lowest BCUT2D eigenvalue weighted by Crippen LogP contribution is -2.29. The summed E-state index contributed by atoms with van der Waals surface area (Å²) in [6.07, 6.45) is -2.52. The number of fused-ring (bicyclic) bond motifs is 1. The summed E-state index contributed by atoms with van der Waals surface area (Å²) in [6.45, 7) is 6.16. The molecule has 2 aromatic rings. The van der Waals surface area contributed by atoms with Crippen LogP contribution in [0.15, 0.2) is 48.5 Å². The molecule has 0 aliphatic carbocycles. The number of ether oxygens (including phenoxy) is 2. The van der Waals surface area contributed by atoms with Crippen LogP contribution in [-0.2, 0) is 6.18 Å². The maximum absolute atomic E-state index is 13.1. The molecule has 0 atom stereocenters. The van der Waals surface area contributed by atoms with Crippen LogP contribution in [0.3, 0.4) is 0 Å². The van der Waals surface area contributed by atoms with Gasteiger partial charge in [0.25, 0.3) is 0 Å². The molecule has 0 spiro atoms. The number of benzene rings is 2. The molecule has 25 heavy (non-hydrogen) atoms. The zero-order valence-corrected chi connectivity index (χ0v) is 14.3. The molecular formula is C20H19F3O2. The third-order valence-electron chi connectivity index (χ3n) is 3.92. The van der Waals surface area contributed by atoms with E-state index in [2.05, 4.69) is 0 Å². The molecule has 0 saturated heterocycles. The van der Waals surface area contributed by atoms with Crippen molar-refractivity contribution in [3.63, 3.8) is 0 Å². The molecule has 0 N–H and O–H groups in total. The van der Waals surface area contributed by atoms with Crippen LogP contribution < -0.4 is 9.47 Å². The largest absolute Gasteiger partial charge is 0.494 e. The summed E-state index contributed by atoms with van der Waals surface area (Å²) < 4.78 is 50.7. The van der Waals surface area contributed by atoms with Crippen molar-refractivity contribution < 1.29 is 22.6 Å². The van der Waals surface area contributed by atoms with Crippen molar-refractivity contribution >= 4 is 5.57 Å². The maximum atomic E-state index is 13.1. The zero-order chi connectivity index (χ0) is 18.2. The van der Waals surface area contributed by atoms with Crippen LogP contribution in [0.5, 0.6) is 11.5 Å². The van der Waals surface area contributed by atoms with Gasteiger partial charge in [-0.2, -0.15) is 13.2 Å². The van der Waals surface area contributed by atoms with Crippen molar-refractivity contribution in [3.8, 4) is 11.5 Å². The van der Waals surface area contributed by atoms with Gasteiger partial charge in [-0.25, -0.2) is 0 Å². The summed E-state index contributed by atoms with van der Waals surface area (Å²) >= 11 is 0. The summed E-state index contributed by atoms with van der Waals surface area (Å²) in [4.78, 5) is 0. The Bertz CT molecular complexity index is 820. The Morgan fingerprint density at radius 1 is 1.08 bits per heavy atom. The molecule has 3 rings (SSSR count). The molecule has 0 aromatic heterocycles. The second kappa shape index (κ2) is 6.14. The summed E-state index contributed by atoms with van der Waals surface area (Å²) in [5, 5.41) is 0. The lowest BCUT2D eigenvalue weighted by atomic mass is 9.89. The first-order valence-corrected chi connectivity index (χ1v) is 8.06. The van der Waals surface area contributed by atoms with Crippen molar-refractivity contribution in [1.29, 1.82) is 0 Å². The summed E-state index contributed by atoms with van der Waals surface area (Å²) in [7, 11) is 0. The van der Waals surface area contributed by atoms with Crippen LogP contribution >= 0.6 is 0 Å². The van der Waals surface area contributed by atoms with E-state index in [1.807, 2.05) is 32.9 Å². The average Bonchev–Trinajstić information content (AvgIpc) is 2.52.